The highest BCUT2D eigenvalue weighted by Gasteiger charge is 2.21. The Morgan fingerprint density at radius 3 is 2.63 bits per heavy atom. The van der Waals surface area contributed by atoms with Gasteiger partial charge in [0.15, 0.2) is 5.96 Å². The summed E-state index contributed by atoms with van der Waals surface area (Å²) < 4.78 is 10.5. The van der Waals surface area contributed by atoms with Crippen LogP contribution in [-0.4, -0.2) is 71.5 Å². The van der Waals surface area contributed by atoms with Gasteiger partial charge >= 0.3 is 0 Å². The summed E-state index contributed by atoms with van der Waals surface area (Å²) in [5, 5.41) is 6.76. The molecule has 1 aromatic rings. The first-order valence-electron chi connectivity index (χ1n) is 9.77. The van der Waals surface area contributed by atoms with E-state index in [1.807, 2.05) is 12.1 Å². The SMILES string of the molecule is CCNC(=NCC(C)(C)c1cccc(OC)c1)NCCN(C)CCCOC. The van der Waals surface area contributed by atoms with Gasteiger partial charge in [-0.05, 0) is 38.1 Å². The Bertz CT molecular complexity index is 561. The normalized spacial score (nSPS) is 12.3. The highest BCUT2D eigenvalue weighted by atomic mass is 16.5. The molecule has 0 spiro atoms. The minimum absolute atomic E-state index is 0.0756. The van der Waals surface area contributed by atoms with Crippen molar-refractivity contribution < 1.29 is 9.47 Å². The van der Waals surface area contributed by atoms with Crippen molar-refractivity contribution in [3.05, 3.63) is 29.8 Å². The second-order valence-electron chi connectivity index (χ2n) is 7.39. The maximum Gasteiger partial charge on any atom is 0.191 e. The van der Waals surface area contributed by atoms with Crippen LogP contribution in [0, 0.1) is 0 Å². The minimum atomic E-state index is -0.0756. The molecule has 0 aliphatic rings. The van der Waals surface area contributed by atoms with Gasteiger partial charge in [-0.25, -0.2) is 0 Å². The smallest absolute Gasteiger partial charge is 0.191 e. The average Bonchev–Trinajstić information content (AvgIpc) is 2.66. The van der Waals surface area contributed by atoms with Crippen molar-refractivity contribution in [1.29, 1.82) is 0 Å². The third kappa shape index (κ3) is 9.11. The van der Waals surface area contributed by atoms with Crippen LogP contribution < -0.4 is 15.4 Å². The van der Waals surface area contributed by atoms with Crippen LogP contribution >= 0.6 is 0 Å². The predicted octanol–water partition coefficient (Wildman–Crippen LogP) is 2.50. The van der Waals surface area contributed by atoms with Gasteiger partial charge in [-0.2, -0.15) is 0 Å². The summed E-state index contributed by atoms with van der Waals surface area (Å²) >= 11 is 0. The van der Waals surface area contributed by atoms with E-state index in [4.69, 9.17) is 14.5 Å². The van der Waals surface area contributed by atoms with Crippen LogP contribution in [0.1, 0.15) is 32.8 Å². The molecule has 154 valence electrons. The molecule has 27 heavy (non-hydrogen) atoms. The third-order valence-electron chi connectivity index (χ3n) is 4.50. The molecule has 6 heteroatoms. The molecule has 0 saturated heterocycles. The zero-order chi connectivity index (χ0) is 20.1. The van der Waals surface area contributed by atoms with Crippen LogP contribution in [0.25, 0.3) is 0 Å². The average molecular weight is 379 g/mol. The van der Waals surface area contributed by atoms with E-state index in [1.165, 1.54) is 5.56 Å². The molecule has 0 unspecified atom stereocenters. The molecule has 6 nitrogen and oxygen atoms in total. The summed E-state index contributed by atoms with van der Waals surface area (Å²) in [6.45, 7) is 11.7. The molecule has 0 atom stereocenters. The molecule has 0 heterocycles. The van der Waals surface area contributed by atoms with Crippen LogP contribution in [0.2, 0.25) is 0 Å². The first-order valence-corrected chi connectivity index (χ1v) is 9.77. The Morgan fingerprint density at radius 2 is 1.96 bits per heavy atom. The van der Waals surface area contributed by atoms with E-state index in [0.717, 1.165) is 50.9 Å². The molecule has 1 rings (SSSR count). The molecular weight excluding hydrogens is 340 g/mol. The van der Waals surface area contributed by atoms with Gasteiger partial charge < -0.3 is 25.0 Å². The van der Waals surface area contributed by atoms with E-state index in [9.17, 15) is 0 Å². The van der Waals surface area contributed by atoms with E-state index < -0.39 is 0 Å². The lowest BCUT2D eigenvalue weighted by atomic mass is 9.85. The monoisotopic (exact) mass is 378 g/mol. The summed E-state index contributed by atoms with van der Waals surface area (Å²) in [6, 6.07) is 8.22. The van der Waals surface area contributed by atoms with Crippen molar-refractivity contribution in [1.82, 2.24) is 15.5 Å². The Labute approximate surface area is 165 Å². The van der Waals surface area contributed by atoms with Crippen LogP contribution in [0.4, 0.5) is 0 Å². The van der Waals surface area contributed by atoms with E-state index in [1.54, 1.807) is 14.2 Å². The van der Waals surface area contributed by atoms with E-state index >= 15 is 0 Å². The molecule has 0 fully saturated rings. The number of hydrogen-bond donors (Lipinski definition) is 2. The molecule has 0 aromatic heterocycles. The van der Waals surface area contributed by atoms with Crippen molar-refractivity contribution >= 4 is 5.96 Å². The second-order valence-corrected chi connectivity index (χ2v) is 7.39. The highest BCUT2D eigenvalue weighted by Crippen LogP contribution is 2.26. The van der Waals surface area contributed by atoms with Crippen molar-refractivity contribution in [3.63, 3.8) is 0 Å². The Kier molecular flexibility index (Phi) is 10.8. The molecule has 0 bridgehead atoms. The van der Waals surface area contributed by atoms with Gasteiger partial charge in [0.2, 0.25) is 0 Å². The Balaban J connectivity index is 2.58. The van der Waals surface area contributed by atoms with Crippen molar-refractivity contribution in [3.8, 4) is 5.75 Å². The summed E-state index contributed by atoms with van der Waals surface area (Å²) in [5.41, 5.74) is 1.15. The number of methoxy groups -OCH3 is 2. The number of rotatable bonds is 12. The minimum Gasteiger partial charge on any atom is -0.497 e. The van der Waals surface area contributed by atoms with Gasteiger partial charge in [0.05, 0.1) is 13.7 Å². The number of benzene rings is 1. The molecule has 0 amide bonds. The summed E-state index contributed by atoms with van der Waals surface area (Å²) in [6.07, 6.45) is 1.05. The molecule has 0 radical (unpaired) electrons. The molecule has 1 aromatic carbocycles. The Morgan fingerprint density at radius 1 is 1.19 bits per heavy atom. The summed E-state index contributed by atoms with van der Waals surface area (Å²) in [4.78, 5) is 7.11. The fourth-order valence-corrected chi connectivity index (χ4v) is 2.71. The van der Waals surface area contributed by atoms with E-state index in [0.29, 0.717) is 6.54 Å². The van der Waals surface area contributed by atoms with Crippen molar-refractivity contribution in [2.75, 3.05) is 60.6 Å². The lowest BCUT2D eigenvalue weighted by Gasteiger charge is -2.24. The quantitative estimate of drug-likeness (QED) is 0.332. The number of ether oxygens (including phenoxy) is 2. The van der Waals surface area contributed by atoms with Crippen LogP contribution in [0.15, 0.2) is 29.3 Å². The lowest BCUT2D eigenvalue weighted by molar-refractivity contribution is 0.180. The maximum atomic E-state index is 5.35. The molecule has 0 aliphatic carbocycles. The molecule has 2 N–H and O–H groups in total. The topological polar surface area (TPSA) is 58.1 Å². The summed E-state index contributed by atoms with van der Waals surface area (Å²) in [7, 11) is 5.57. The zero-order valence-electron chi connectivity index (χ0n) is 18.0. The summed E-state index contributed by atoms with van der Waals surface area (Å²) in [5.74, 6) is 1.74. The molecule has 0 saturated carbocycles. The lowest BCUT2D eigenvalue weighted by Crippen LogP contribution is -2.42. The van der Waals surface area contributed by atoms with Crippen molar-refractivity contribution in [2.24, 2.45) is 4.99 Å². The van der Waals surface area contributed by atoms with Crippen LogP contribution in [-0.2, 0) is 10.2 Å². The standard InChI is InChI=1S/C21H38N4O2/c1-7-22-20(23-12-14-25(4)13-9-15-26-5)24-17-21(2,3)18-10-8-11-19(16-18)27-6/h8,10-11,16H,7,9,12-15,17H2,1-6H3,(H2,22,23,24). The predicted molar refractivity (Wildman–Crippen MR) is 114 cm³/mol. The second kappa shape index (κ2) is 12.6. The van der Waals surface area contributed by atoms with Crippen molar-refractivity contribution in [2.45, 2.75) is 32.6 Å². The highest BCUT2D eigenvalue weighted by molar-refractivity contribution is 5.79. The van der Waals surface area contributed by atoms with E-state index in [2.05, 4.69) is 55.5 Å². The zero-order valence-corrected chi connectivity index (χ0v) is 18.0. The fourth-order valence-electron chi connectivity index (χ4n) is 2.71. The first kappa shape index (κ1) is 23.2. The first-order chi connectivity index (χ1) is 12.9. The maximum absolute atomic E-state index is 5.35. The number of likely N-dealkylation sites (N-methyl/N-ethyl adjacent to an activating group) is 1. The number of aliphatic imine (C=N–C) groups is 1. The Hall–Kier alpha value is -1.79. The number of nitrogens with zero attached hydrogens (tertiary/aromatic N) is 2. The van der Waals surface area contributed by atoms with Gasteiger partial charge in [0, 0.05) is 45.3 Å². The van der Waals surface area contributed by atoms with Gasteiger partial charge in [-0.1, -0.05) is 26.0 Å². The van der Waals surface area contributed by atoms with Gasteiger partial charge in [0.1, 0.15) is 5.75 Å². The number of nitrogens with one attached hydrogen (secondary N) is 2. The third-order valence-corrected chi connectivity index (χ3v) is 4.50. The van der Waals surface area contributed by atoms with E-state index in [-0.39, 0.29) is 5.41 Å². The number of guanidine groups is 1. The fraction of sp³-hybridized carbons (Fsp3) is 0.667. The molecular formula is C21H38N4O2. The number of hydrogen-bond acceptors (Lipinski definition) is 4. The largest absolute Gasteiger partial charge is 0.497 e. The van der Waals surface area contributed by atoms with Gasteiger partial charge in [-0.3, -0.25) is 4.99 Å². The van der Waals surface area contributed by atoms with Gasteiger partial charge in [-0.15, -0.1) is 0 Å². The molecule has 0 aliphatic heterocycles. The van der Waals surface area contributed by atoms with Crippen LogP contribution in [0.3, 0.4) is 0 Å². The van der Waals surface area contributed by atoms with Crippen LogP contribution in [0.5, 0.6) is 5.75 Å². The van der Waals surface area contributed by atoms with Gasteiger partial charge in [0.25, 0.3) is 0 Å².